The monoisotopic (exact) mass is 286 g/mol. The molecule has 2 unspecified atom stereocenters. The molecule has 0 fully saturated rings. The molecule has 2 rings (SSSR count). The number of nitrogens with one attached hydrogen (secondary N) is 1. The fourth-order valence-electron chi connectivity index (χ4n) is 2.03. The molecule has 106 valence electrons. The van der Waals surface area contributed by atoms with Crippen LogP contribution in [0.3, 0.4) is 0 Å². The van der Waals surface area contributed by atoms with Gasteiger partial charge in [-0.05, 0) is 6.07 Å². The lowest BCUT2D eigenvalue weighted by atomic mass is 10.0. The van der Waals surface area contributed by atoms with E-state index in [1.807, 2.05) is 24.3 Å². The number of nitrogens with two attached hydrogens (primary N) is 1. The molecule has 0 spiro atoms. The average Bonchev–Trinajstić information content (AvgIpc) is 2.39. The molecule has 0 aliphatic carbocycles. The van der Waals surface area contributed by atoms with Crippen molar-refractivity contribution in [1.82, 2.24) is 5.32 Å². The highest BCUT2D eigenvalue weighted by molar-refractivity contribution is 5.85. The summed E-state index contributed by atoms with van der Waals surface area (Å²) in [7, 11) is 1.52. The van der Waals surface area contributed by atoms with E-state index in [1.54, 1.807) is 0 Å². The summed E-state index contributed by atoms with van der Waals surface area (Å²) in [5, 5.41) is 2.94. The quantitative estimate of drug-likeness (QED) is 0.867. The third-order valence-corrected chi connectivity index (χ3v) is 2.96. The molecule has 1 aromatic carbocycles. The van der Waals surface area contributed by atoms with Crippen molar-refractivity contribution < 1.29 is 14.3 Å². The van der Waals surface area contributed by atoms with Gasteiger partial charge in [0, 0.05) is 19.1 Å². The number of fused-ring (bicyclic) bond motifs is 1. The number of methoxy groups -OCH3 is 1. The Kier molecular flexibility index (Phi) is 6.08. The molecular weight excluding hydrogens is 268 g/mol. The van der Waals surface area contributed by atoms with Crippen molar-refractivity contribution in [2.24, 2.45) is 5.73 Å². The van der Waals surface area contributed by atoms with Crippen molar-refractivity contribution in [3.05, 3.63) is 29.8 Å². The molecule has 6 heteroatoms. The molecule has 0 saturated heterocycles. The first-order valence-electron chi connectivity index (χ1n) is 5.99. The van der Waals surface area contributed by atoms with Crippen molar-refractivity contribution in [3.8, 4) is 5.75 Å². The Hall–Kier alpha value is -1.30. The molecule has 3 N–H and O–H groups in total. The number of ether oxygens (including phenoxy) is 2. The maximum atomic E-state index is 11.9. The van der Waals surface area contributed by atoms with Gasteiger partial charge in [0.25, 0.3) is 0 Å². The zero-order valence-electron chi connectivity index (χ0n) is 10.8. The van der Waals surface area contributed by atoms with Crippen molar-refractivity contribution >= 4 is 18.3 Å². The van der Waals surface area contributed by atoms with Crippen molar-refractivity contribution in [3.63, 3.8) is 0 Å². The number of benzene rings is 1. The maximum Gasteiger partial charge on any atom is 0.239 e. The zero-order valence-corrected chi connectivity index (χ0v) is 11.6. The summed E-state index contributed by atoms with van der Waals surface area (Å²) in [5.41, 5.74) is 6.70. The van der Waals surface area contributed by atoms with Crippen molar-refractivity contribution in [1.29, 1.82) is 0 Å². The lowest BCUT2D eigenvalue weighted by Crippen LogP contribution is -2.45. The standard InChI is InChI=1S/C13H18N2O3.ClH/c1-17-8-10(14)13(16)15-11-6-7-18-12-5-3-2-4-9(11)12;/h2-5,10-11H,6-8,14H2,1H3,(H,15,16);1H. The van der Waals surface area contributed by atoms with Crippen molar-refractivity contribution in [2.75, 3.05) is 20.3 Å². The van der Waals surface area contributed by atoms with Crippen LogP contribution >= 0.6 is 12.4 Å². The van der Waals surface area contributed by atoms with Gasteiger partial charge in [-0.1, -0.05) is 18.2 Å². The lowest BCUT2D eigenvalue weighted by molar-refractivity contribution is -0.124. The fraction of sp³-hybridized carbons (Fsp3) is 0.462. The first-order valence-corrected chi connectivity index (χ1v) is 5.99. The highest BCUT2D eigenvalue weighted by atomic mass is 35.5. The van der Waals surface area contributed by atoms with Gasteiger partial charge in [-0.15, -0.1) is 12.4 Å². The molecule has 0 bridgehead atoms. The van der Waals surface area contributed by atoms with Gasteiger partial charge in [0.2, 0.25) is 5.91 Å². The van der Waals surface area contributed by atoms with Crippen LogP contribution in [0.1, 0.15) is 18.0 Å². The normalized spacial score (nSPS) is 18.5. The van der Waals surface area contributed by atoms with Gasteiger partial charge in [-0.25, -0.2) is 0 Å². The van der Waals surface area contributed by atoms with Crippen LogP contribution in [0.2, 0.25) is 0 Å². The molecule has 5 nitrogen and oxygen atoms in total. The highest BCUT2D eigenvalue weighted by Crippen LogP contribution is 2.31. The minimum absolute atomic E-state index is 0. The van der Waals surface area contributed by atoms with Gasteiger partial charge in [0.05, 0.1) is 19.3 Å². The summed E-state index contributed by atoms with van der Waals surface area (Å²) in [6.07, 6.45) is 0.752. The first kappa shape index (κ1) is 15.8. The van der Waals surface area contributed by atoms with Crippen LogP contribution in [0.4, 0.5) is 0 Å². The van der Waals surface area contributed by atoms with E-state index in [1.165, 1.54) is 7.11 Å². The molecule has 0 aromatic heterocycles. The van der Waals surface area contributed by atoms with Crippen LogP contribution < -0.4 is 15.8 Å². The SMILES string of the molecule is COCC(N)C(=O)NC1CCOc2ccccc21.Cl. The minimum atomic E-state index is -0.634. The second-order valence-corrected chi connectivity index (χ2v) is 4.30. The van der Waals surface area contributed by atoms with Crippen LogP contribution in [0.25, 0.3) is 0 Å². The summed E-state index contributed by atoms with van der Waals surface area (Å²) < 4.78 is 10.4. The molecular formula is C13H19ClN2O3. The number of rotatable bonds is 4. The molecule has 1 aromatic rings. The molecule has 2 atom stereocenters. The molecule has 1 amide bonds. The van der Waals surface area contributed by atoms with E-state index >= 15 is 0 Å². The smallest absolute Gasteiger partial charge is 0.239 e. The average molecular weight is 287 g/mol. The number of hydrogen-bond acceptors (Lipinski definition) is 4. The molecule has 1 heterocycles. The van der Waals surface area contributed by atoms with Crippen LogP contribution in [0.15, 0.2) is 24.3 Å². The van der Waals surface area contributed by atoms with Gasteiger partial charge in [0.15, 0.2) is 0 Å². The van der Waals surface area contributed by atoms with Gasteiger partial charge >= 0.3 is 0 Å². The highest BCUT2D eigenvalue weighted by Gasteiger charge is 2.24. The number of hydrogen-bond donors (Lipinski definition) is 2. The van der Waals surface area contributed by atoms with Gasteiger partial charge in [0.1, 0.15) is 11.8 Å². The van der Waals surface area contributed by atoms with Crippen LogP contribution in [0, 0.1) is 0 Å². The Labute approximate surface area is 118 Å². The predicted molar refractivity (Wildman–Crippen MR) is 74.5 cm³/mol. The fourth-order valence-corrected chi connectivity index (χ4v) is 2.03. The van der Waals surface area contributed by atoms with Crippen molar-refractivity contribution in [2.45, 2.75) is 18.5 Å². The Bertz CT molecular complexity index is 428. The van der Waals surface area contributed by atoms with Crippen LogP contribution in [-0.4, -0.2) is 32.3 Å². The summed E-state index contributed by atoms with van der Waals surface area (Å²) in [4.78, 5) is 11.9. The summed E-state index contributed by atoms with van der Waals surface area (Å²) in [5.74, 6) is 0.632. The molecule has 19 heavy (non-hydrogen) atoms. The number of carbonyl (C=O) groups excluding carboxylic acids is 1. The number of halogens is 1. The number of amides is 1. The zero-order chi connectivity index (χ0) is 13.0. The van der Waals surface area contributed by atoms with Crippen LogP contribution in [0.5, 0.6) is 5.75 Å². The molecule has 0 radical (unpaired) electrons. The lowest BCUT2D eigenvalue weighted by Gasteiger charge is -2.27. The minimum Gasteiger partial charge on any atom is -0.493 e. The van der Waals surface area contributed by atoms with Gasteiger partial charge in [-0.2, -0.15) is 0 Å². The Morgan fingerprint density at radius 2 is 2.32 bits per heavy atom. The van der Waals surface area contributed by atoms with E-state index in [2.05, 4.69) is 5.32 Å². The maximum absolute atomic E-state index is 11.9. The van der Waals surface area contributed by atoms with Gasteiger partial charge in [-0.3, -0.25) is 4.79 Å². The summed E-state index contributed by atoms with van der Waals surface area (Å²) in [6.45, 7) is 0.818. The van der Waals surface area contributed by atoms with E-state index < -0.39 is 6.04 Å². The van der Waals surface area contributed by atoms with E-state index in [9.17, 15) is 4.79 Å². The molecule has 1 aliphatic heterocycles. The Morgan fingerprint density at radius 1 is 1.58 bits per heavy atom. The topological polar surface area (TPSA) is 73.6 Å². The van der Waals surface area contributed by atoms with E-state index in [0.29, 0.717) is 6.61 Å². The third kappa shape index (κ3) is 3.83. The Balaban J connectivity index is 0.00000180. The van der Waals surface area contributed by atoms with Crippen LogP contribution in [-0.2, 0) is 9.53 Å². The largest absolute Gasteiger partial charge is 0.493 e. The molecule has 0 saturated carbocycles. The summed E-state index contributed by atoms with van der Waals surface area (Å²) in [6, 6.07) is 7.04. The van der Waals surface area contributed by atoms with E-state index in [0.717, 1.165) is 17.7 Å². The number of para-hydroxylation sites is 1. The third-order valence-electron chi connectivity index (χ3n) is 2.96. The molecule has 1 aliphatic rings. The second-order valence-electron chi connectivity index (χ2n) is 4.30. The predicted octanol–water partition coefficient (Wildman–Crippen LogP) is 1.02. The van der Waals surface area contributed by atoms with Gasteiger partial charge < -0.3 is 20.5 Å². The Morgan fingerprint density at radius 3 is 3.05 bits per heavy atom. The van der Waals surface area contributed by atoms with E-state index in [-0.39, 0.29) is 31.0 Å². The van der Waals surface area contributed by atoms with E-state index in [4.69, 9.17) is 15.2 Å². The number of carbonyl (C=O) groups is 1. The second kappa shape index (κ2) is 7.33. The first-order chi connectivity index (χ1) is 8.72. The summed E-state index contributed by atoms with van der Waals surface area (Å²) >= 11 is 0.